The van der Waals surface area contributed by atoms with E-state index in [4.69, 9.17) is 11.0 Å². The molecule has 0 saturated carbocycles. The number of sulfonamides is 1. The maximum absolute atomic E-state index is 12.8. The lowest BCUT2D eigenvalue weighted by Crippen LogP contribution is -2.65. The van der Waals surface area contributed by atoms with Crippen LogP contribution in [0.5, 0.6) is 0 Å². The number of nitrogen functional groups attached to an aromatic ring is 1. The Morgan fingerprint density at radius 2 is 2.07 bits per heavy atom. The molecule has 0 amide bonds. The monoisotopic (exact) mass is 427 g/mol. The zero-order valence-corrected chi connectivity index (χ0v) is 15.3. The van der Waals surface area contributed by atoms with Crippen molar-refractivity contribution in [3.63, 3.8) is 0 Å². The van der Waals surface area contributed by atoms with Crippen molar-refractivity contribution < 1.29 is 21.6 Å². The number of aromatic nitrogens is 6. The first kappa shape index (κ1) is 19.1. The zero-order valence-electron chi connectivity index (χ0n) is 14.4. The molecule has 1 aliphatic rings. The first-order valence-electron chi connectivity index (χ1n) is 8.04. The van der Waals surface area contributed by atoms with Gasteiger partial charge in [0, 0.05) is 31.5 Å². The Bertz CT molecular complexity index is 1240. The van der Waals surface area contributed by atoms with E-state index in [2.05, 4.69) is 20.2 Å². The normalized spacial score (nSPS) is 17.2. The third-order valence-electron chi connectivity index (χ3n) is 4.58. The fraction of sp³-hybridized carbons (Fsp3) is 0.357. The van der Waals surface area contributed by atoms with Gasteiger partial charge in [0.25, 0.3) is 0 Å². The lowest BCUT2D eigenvalue weighted by molar-refractivity contribution is -0.0565. The maximum atomic E-state index is 12.8. The Hall–Kier alpha value is -3.25. The summed E-state index contributed by atoms with van der Waals surface area (Å²) in [5.74, 6) is 0.351. The number of nitriles is 1. The molecule has 15 heteroatoms. The van der Waals surface area contributed by atoms with Crippen LogP contribution in [0.15, 0.2) is 24.7 Å². The molecule has 2 N–H and O–H groups in total. The molecule has 1 aliphatic heterocycles. The van der Waals surface area contributed by atoms with Crippen LogP contribution in [0.3, 0.4) is 0 Å². The van der Waals surface area contributed by atoms with Gasteiger partial charge >= 0.3 is 15.5 Å². The summed E-state index contributed by atoms with van der Waals surface area (Å²) in [5.41, 5.74) is -0.171. The van der Waals surface area contributed by atoms with Crippen molar-refractivity contribution in [2.45, 2.75) is 17.5 Å². The average molecular weight is 427 g/mol. The Morgan fingerprint density at radius 3 is 2.72 bits per heavy atom. The fourth-order valence-corrected chi connectivity index (χ4v) is 4.25. The molecule has 11 nitrogen and oxygen atoms in total. The third kappa shape index (κ3) is 2.87. The lowest BCUT2D eigenvalue weighted by Gasteiger charge is -2.47. The van der Waals surface area contributed by atoms with Gasteiger partial charge in [0.2, 0.25) is 5.95 Å². The molecule has 1 saturated heterocycles. The first-order chi connectivity index (χ1) is 13.6. The molecule has 0 radical (unpaired) electrons. The summed E-state index contributed by atoms with van der Waals surface area (Å²) in [6.07, 6.45) is 4.10. The third-order valence-corrected chi connectivity index (χ3v) is 6.10. The lowest BCUT2D eigenvalue weighted by atomic mass is 9.89. The number of anilines is 1. The second-order valence-corrected chi connectivity index (χ2v) is 8.39. The van der Waals surface area contributed by atoms with Crippen LogP contribution in [-0.2, 0) is 15.6 Å². The summed E-state index contributed by atoms with van der Waals surface area (Å²) in [7, 11) is -5.47. The largest absolute Gasteiger partial charge is 0.511 e. The number of nitrogens with two attached hydrogens (primary N) is 1. The SMILES string of the molecule is N#CCC1(n2cc(-c3nccc4nc(N)nn34)cn2)CN(S(=O)(=O)C(F)(F)F)C1. The van der Waals surface area contributed by atoms with E-state index >= 15 is 0 Å². The van der Waals surface area contributed by atoms with Gasteiger partial charge in [-0.05, 0) is 0 Å². The second kappa shape index (κ2) is 6.12. The molecule has 3 aromatic heterocycles. The zero-order chi connectivity index (χ0) is 21.0. The van der Waals surface area contributed by atoms with Crippen LogP contribution in [0.1, 0.15) is 6.42 Å². The van der Waals surface area contributed by atoms with Crippen LogP contribution < -0.4 is 5.73 Å². The highest BCUT2D eigenvalue weighted by molar-refractivity contribution is 7.90. The minimum atomic E-state index is -5.47. The minimum Gasteiger partial charge on any atom is -0.366 e. The van der Waals surface area contributed by atoms with Crippen LogP contribution in [0.4, 0.5) is 19.1 Å². The number of alkyl halides is 3. The van der Waals surface area contributed by atoms with Gasteiger partial charge in [-0.25, -0.2) is 13.4 Å². The van der Waals surface area contributed by atoms with Gasteiger partial charge < -0.3 is 5.73 Å². The molecule has 1 fully saturated rings. The van der Waals surface area contributed by atoms with Crippen molar-refractivity contribution >= 4 is 21.6 Å². The van der Waals surface area contributed by atoms with Gasteiger partial charge in [0.05, 0.1) is 24.3 Å². The van der Waals surface area contributed by atoms with E-state index in [0.29, 0.717) is 17.0 Å². The summed E-state index contributed by atoms with van der Waals surface area (Å²) in [4.78, 5) is 8.20. The van der Waals surface area contributed by atoms with E-state index in [1.165, 1.54) is 27.8 Å². The first-order valence-corrected chi connectivity index (χ1v) is 9.48. The van der Waals surface area contributed by atoms with Crippen molar-refractivity contribution in [3.8, 4) is 17.5 Å². The van der Waals surface area contributed by atoms with Crippen LogP contribution in [0, 0.1) is 11.3 Å². The fourth-order valence-electron chi connectivity index (χ4n) is 3.14. The molecule has 4 heterocycles. The molecule has 29 heavy (non-hydrogen) atoms. The van der Waals surface area contributed by atoms with E-state index < -0.39 is 34.2 Å². The Kier molecular flexibility index (Phi) is 4.03. The Morgan fingerprint density at radius 1 is 1.34 bits per heavy atom. The topological polar surface area (TPSA) is 148 Å². The van der Waals surface area contributed by atoms with Gasteiger partial charge in [-0.3, -0.25) is 4.68 Å². The molecule has 0 bridgehead atoms. The average Bonchev–Trinajstić information content (AvgIpc) is 3.22. The Labute approximate surface area is 161 Å². The predicted octanol–water partition coefficient (Wildman–Crippen LogP) is 0.344. The van der Waals surface area contributed by atoms with E-state index in [-0.39, 0.29) is 16.7 Å². The van der Waals surface area contributed by atoms with Crippen LogP contribution in [0.25, 0.3) is 17.0 Å². The van der Waals surface area contributed by atoms with Crippen molar-refractivity contribution in [3.05, 3.63) is 24.7 Å². The second-order valence-electron chi connectivity index (χ2n) is 6.46. The summed E-state index contributed by atoms with van der Waals surface area (Å²) in [6, 6.07) is 3.46. The smallest absolute Gasteiger partial charge is 0.366 e. The summed E-state index contributed by atoms with van der Waals surface area (Å²) in [5, 5.41) is 17.3. The van der Waals surface area contributed by atoms with Crippen LogP contribution in [-0.4, -0.2) is 60.7 Å². The summed E-state index contributed by atoms with van der Waals surface area (Å²) < 4.78 is 64.4. The van der Waals surface area contributed by atoms with Crippen molar-refractivity contribution in [2.75, 3.05) is 18.8 Å². The van der Waals surface area contributed by atoms with Crippen LogP contribution >= 0.6 is 0 Å². The Balaban J connectivity index is 1.68. The van der Waals surface area contributed by atoms with Gasteiger partial charge in [-0.15, -0.1) is 5.10 Å². The number of fused-ring (bicyclic) bond motifs is 1. The van der Waals surface area contributed by atoms with E-state index in [9.17, 15) is 21.6 Å². The number of halogens is 3. The molecule has 152 valence electrons. The minimum absolute atomic E-state index is 0.0274. The van der Waals surface area contributed by atoms with Crippen LogP contribution in [0.2, 0.25) is 0 Å². The summed E-state index contributed by atoms with van der Waals surface area (Å²) in [6.45, 7) is -1.06. The molecule has 0 spiro atoms. The van der Waals surface area contributed by atoms with Crippen molar-refractivity contribution in [1.29, 1.82) is 5.26 Å². The number of hydrogen-bond acceptors (Lipinski definition) is 8. The molecule has 3 aromatic rings. The van der Waals surface area contributed by atoms with Gasteiger partial charge in [0.1, 0.15) is 5.54 Å². The van der Waals surface area contributed by atoms with Crippen molar-refractivity contribution in [2.24, 2.45) is 0 Å². The highest BCUT2D eigenvalue weighted by atomic mass is 32.2. The van der Waals surface area contributed by atoms with E-state index in [0.717, 1.165) is 0 Å². The molecule has 0 atom stereocenters. The molecule has 0 aromatic carbocycles. The molecular weight excluding hydrogens is 415 g/mol. The quantitative estimate of drug-likeness (QED) is 0.627. The highest BCUT2D eigenvalue weighted by Crippen LogP contribution is 2.39. The van der Waals surface area contributed by atoms with E-state index in [1.54, 1.807) is 6.07 Å². The number of rotatable bonds is 4. The summed E-state index contributed by atoms with van der Waals surface area (Å²) >= 11 is 0. The molecule has 0 aliphatic carbocycles. The molecule has 0 unspecified atom stereocenters. The standard InChI is InChI=1S/C14H12F3N9O2S/c15-14(16,17)29(27,28)24-7-13(8-24,2-3-18)25-6-9(5-21-25)11-20-4-1-10-22-12(19)23-26(10)11/h1,4-6H,2,7-8H2,(H2,19,23). The van der Waals surface area contributed by atoms with Gasteiger partial charge in [0.15, 0.2) is 11.5 Å². The number of hydrogen-bond donors (Lipinski definition) is 1. The maximum Gasteiger partial charge on any atom is 0.511 e. The molecular formula is C14H12F3N9O2S. The van der Waals surface area contributed by atoms with E-state index in [1.807, 2.05) is 6.07 Å². The van der Waals surface area contributed by atoms with Crippen molar-refractivity contribution in [1.82, 2.24) is 33.7 Å². The number of nitrogens with zero attached hydrogens (tertiary/aromatic N) is 8. The molecule has 4 rings (SSSR count). The van der Waals surface area contributed by atoms with Gasteiger partial charge in [-0.2, -0.15) is 37.3 Å². The van der Waals surface area contributed by atoms with Gasteiger partial charge in [-0.1, -0.05) is 0 Å². The highest BCUT2D eigenvalue weighted by Gasteiger charge is 2.59. The predicted molar refractivity (Wildman–Crippen MR) is 91.2 cm³/mol.